The highest BCUT2D eigenvalue weighted by molar-refractivity contribution is 6.53. The first kappa shape index (κ1) is 26.9. The number of ketones is 1. The molecule has 1 aliphatic rings. The molecule has 0 radical (unpaired) electrons. The molecule has 1 amide bonds. The fourth-order valence-corrected chi connectivity index (χ4v) is 5.22. The van der Waals surface area contributed by atoms with E-state index < -0.39 is 56.8 Å². The largest absolute Gasteiger partial charge is 0.396 e. The maximum Gasteiger partial charge on any atom is 0.231 e. The minimum atomic E-state index is -1.47. The summed E-state index contributed by atoms with van der Waals surface area (Å²) in [5.74, 6) is -5.97. The molecule has 3 N–H and O–H groups in total. The van der Waals surface area contributed by atoms with Gasteiger partial charge in [0.25, 0.3) is 0 Å². The van der Waals surface area contributed by atoms with Crippen LogP contribution in [-0.2, 0) is 11.2 Å². The highest BCUT2D eigenvalue weighted by atomic mass is 35.5. The number of halogens is 8. The topological polar surface area (TPSA) is 72.2 Å². The zero-order valence-electron chi connectivity index (χ0n) is 17.8. The summed E-state index contributed by atoms with van der Waals surface area (Å²) >= 11 is 30.6. The van der Waals surface area contributed by atoms with Gasteiger partial charge in [-0.05, 0) is 41.5 Å². The molecule has 1 saturated carbocycles. The fourth-order valence-electron chi connectivity index (χ4n) is 3.87. The maximum atomic E-state index is 14.5. The van der Waals surface area contributed by atoms with Gasteiger partial charge < -0.3 is 11.1 Å². The van der Waals surface area contributed by atoms with Gasteiger partial charge in [-0.1, -0.05) is 40.9 Å². The summed E-state index contributed by atoms with van der Waals surface area (Å²) in [6, 6.07) is 8.27. The van der Waals surface area contributed by atoms with E-state index in [9.17, 15) is 22.8 Å². The highest BCUT2D eigenvalue weighted by Gasteiger charge is 2.67. The molecule has 0 aromatic heterocycles. The van der Waals surface area contributed by atoms with Crippen molar-refractivity contribution < 1.29 is 22.8 Å². The number of carbonyl (C=O) groups is 2. The second kappa shape index (κ2) is 9.95. The van der Waals surface area contributed by atoms with Crippen molar-refractivity contribution in [2.24, 2.45) is 5.92 Å². The molecule has 0 saturated heterocycles. The van der Waals surface area contributed by atoms with Crippen LogP contribution in [0.5, 0.6) is 0 Å². The predicted molar refractivity (Wildman–Crippen MR) is 136 cm³/mol. The minimum Gasteiger partial charge on any atom is -0.396 e. The number of amides is 1. The van der Waals surface area contributed by atoms with E-state index in [1.165, 1.54) is 0 Å². The summed E-state index contributed by atoms with van der Waals surface area (Å²) in [7, 11) is 0. The molecule has 12 heteroatoms. The molecule has 3 aromatic rings. The van der Waals surface area contributed by atoms with Crippen LogP contribution in [0.1, 0.15) is 27.4 Å². The number of carbonyl (C=O) groups excluding carboxylic acids is 2. The van der Waals surface area contributed by atoms with Crippen LogP contribution in [0.3, 0.4) is 0 Å². The molecular formula is C24H14Cl5F3N2O2. The lowest BCUT2D eigenvalue weighted by atomic mass is 10.0. The number of nitrogen functional groups attached to an aromatic ring is 1. The molecule has 1 fully saturated rings. The van der Waals surface area contributed by atoms with Crippen molar-refractivity contribution in [2.75, 3.05) is 11.1 Å². The van der Waals surface area contributed by atoms with E-state index in [2.05, 4.69) is 5.32 Å². The van der Waals surface area contributed by atoms with Crippen molar-refractivity contribution >= 4 is 81.1 Å². The average molecular weight is 597 g/mol. The van der Waals surface area contributed by atoms with Crippen LogP contribution in [-0.4, -0.2) is 16.0 Å². The quantitative estimate of drug-likeness (QED) is 0.175. The monoisotopic (exact) mass is 594 g/mol. The van der Waals surface area contributed by atoms with Crippen molar-refractivity contribution in [2.45, 2.75) is 16.7 Å². The van der Waals surface area contributed by atoms with Crippen molar-refractivity contribution in [1.82, 2.24) is 0 Å². The van der Waals surface area contributed by atoms with Gasteiger partial charge in [-0.15, -0.1) is 23.2 Å². The van der Waals surface area contributed by atoms with Crippen LogP contribution in [0.4, 0.5) is 24.5 Å². The second-order valence-corrected chi connectivity index (χ2v) is 10.8. The summed E-state index contributed by atoms with van der Waals surface area (Å²) in [6.07, 6.45) is -0.582. The van der Waals surface area contributed by atoms with E-state index in [1.807, 2.05) is 0 Å². The highest BCUT2D eigenvalue weighted by Crippen LogP contribution is 2.65. The van der Waals surface area contributed by atoms with Crippen LogP contribution in [0.25, 0.3) is 0 Å². The van der Waals surface area contributed by atoms with E-state index >= 15 is 0 Å². The lowest BCUT2D eigenvalue weighted by molar-refractivity contribution is -0.117. The number of nitrogens with two attached hydrogens (primary N) is 1. The van der Waals surface area contributed by atoms with Crippen molar-refractivity contribution in [3.05, 3.63) is 91.7 Å². The zero-order valence-corrected chi connectivity index (χ0v) is 21.6. The van der Waals surface area contributed by atoms with Crippen LogP contribution in [0.15, 0.2) is 42.5 Å². The molecule has 2 atom stereocenters. The smallest absolute Gasteiger partial charge is 0.231 e. The van der Waals surface area contributed by atoms with Crippen molar-refractivity contribution in [3.63, 3.8) is 0 Å². The molecule has 0 aliphatic heterocycles. The van der Waals surface area contributed by atoms with Crippen molar-refractivity contribution in [3.8, 4) is 0 Å². The first-order valence-corrected chi connectivity index (χ1v) is 12.1. The Balaban J connectivity index is 1.56. The number of rotatable bonds is 6. The molecule has 4 rings (SSSR count). The number of alkyl halides is 2. The number of benzene rings is 3. The Bertz CT molecular complexity index is 1420. The fraction of sp³-hybridized carbons (Fsp3) is 0.167. The first-order chi connectivity index (χ1) is 16.8. The van der Waals surface area contributed by atoms with Crippen LogP contribution >= 0.6 is 58.0 Å². The minimum absolute atomic E-state index is 0.103. The van der Waals surface area contributed by atoms with Gasteiger partial charge in [0.1, 0.15) is 21.8 Å². The molecule has 4 nitrogen and oxygen atoms in total. The molecule has 0 heterocycles. The molecule has 0 unspecified atom stereocenters. The zero-order chi connectivity index (χ0) is 26.5. The summed E-state index contributed by atoms with van der Waals surface area (Å²) in [5.41, 5.74) is 5.02. The Morgan fingerprint density at radius 1 is 0.917 bits per heavy atom. The van der Waals surface area contributed by atoms with Gasteiger partial charge in [-0.3, -0.25) is 9.59 Å². The molecular weight excluding hydrogens is 583 g/mol. The van der Waals surface area contributed by atoms with Gasteiger partial charge in [-0.2, -0.15) is 0 Å². The summed E-state index contributed by atoms with van der Waals surface area (Å²) in [5, 5.41) is 2.52. The predicted octanol–water partition coefficient (Wildman–Crippen LogP) is 7.60. The molecule has 0 spiro atoms. The van der Waals surface area contributed by atoms with Gasteiger partial charge >= 0.3 is 0 Å². The first-order valence-electron chi connectivity index (χ1n) is 10.2. The molecule has 36 heavy (non-hydrogen) atoms. The third kappa shape index (κ3) is 5.13. The van der Waals surface area contributed by atoms with Gasteiger partial charge in [0.2, 0.25) is 5.91 Å². The Morgan fingerprint density at radius 2 is 1.61 bits per heavy atom. The number of hydrogen-bond donors (Lipinski definition) is 2. The summed E-state index contributed by atoms with van der Waals surface area (Å²) in [4.78, 5) is 25.7. The van der Waals surface area contributed by atoms with Crippen LogP contribution in [0, 0.1) is 23.4 Å². The van der Waals surface area contributed by atoms with Gasteiger partial charge in [0.05, 0.1) is 26.7 Å². The second-order valence-electron chi connectivity index (χ2n) is 8.18. The van der Waals surface area contributed by atoms with Crippen LogP contribution in [0.2, 0.25) is 15.1 Å². The molecule has 188 valence electrons. The van der Waals surface area contributed by atoms with E-state index in [0.29, 0.717) is 16.7 Å². The number of hydrogen-bond acceptors (Lipinski definition) is 3. The molecule has 1 aliphatic carbocycles. The van der Waals surface area contributed by atoms with Gasteiger partial charge in [0.15, 0.2) is 5.78 Å². The molecule has 3 aromatic carbocycles. The third-order valence-corrected chi connectivity index (χ3v) is 7.82. The number of Topliss-reactive ketones (excluding diaryl/α,β-unsaturated/α-hetero) is 1. The molecule has 0 bridgehead atoms. The number of nitrogens with one attached hydrogen (secondary N) is 1. The van der Waals surface area contributed by atoms with Gasteiger partial charge in [0, 0.05) is 29.7 Å². The maximum absolute atomic E-state index is 14.5. The lowest BCUT2D eigenvalue weighted by Gasteiger charge is -2.11. The van der Waals surface area contributed by atoms with E-state index in [1.54, 1.807) is 18.2 Å². The summed E-state index contributed by atoms with van der Waals surface area (Å²) < 4.78 is 40.5. The Labute approximate surface area is 228 Å². The number of anilines is 2. The van der Waals surface area contributed by atoms with Crippen LogP contribution < -0.4 is 11.1 Å². The SMILES string of the molecule is Nc1cc(CC(=O)c2cc(NC(=O)[C@H]3[C@H](c4ccc(Cl)c(Cl)c4)C3(Cl)Cl)cc(F)c2Cl)c(F)cc1F. The Kier molecular flexibility index (Phi) is 7.43. The lowest BCUT2D eigenvalue weighted by Crippen LogP contribution is -2.18. The van der Waals surface area contributed by atoms with E-state index in [-0.39, 0.29) is 27.5 Å². The van der Waals surface area contributed by atoms with Crippen molar-refractivity contribution in [1.29, 1.82) is 0 Å². The average Bonchev–Trinajstić information content (AvgIpc) is 3.38. The Morgan fingerprint density at radius 3 is 2.28 bits per heavy atom. The normalized spacial score (nSPS) is 18.1. The standard InChI is InChI=1S/C24H14Cl5F3N2O2/c25-13-2-1-9(3-14(13)26)20-21(24(20,28)29)23(36)34-11-6-12(22(27)17(32)7-11)19(35)5-10-4-18(33)16(31)8-15(10)30/h1-4,6-8,20-21H,5,33H2,(H,34,36)/t20-,21+/m0/s1. The third-order valence-electron chi connectivity index (χ3n) is 5.75. The summed E-state index contributed by atoms with van der Waals surface area (Å²) in [6.45, 7) is 0. The van der Waals surface area contributed by atoms with Gasteiger partial charge in [-0.25, -0.2) is 13.2 Å². The van der Waals surface area contributed by atoms with E-state index in [4.69, 9.17) is 63.7 Å². The van der Waals surface area contributed by atoms with E-state index in [0.717, 1.165) is 18.2 Å². The Hall–Kier alpha value is -2.16.